The smallest absolute Gasteiger partial charge is 0.180 e. The molecule has 0 unspecified atom stereocenters. The van der Waals surface area contributed by atoms with Crippen molar-refractivity contribution in [3.8, 4) is 0 Å². The van der Waals surface area contributed by atoms with Gasteiger partial charge in [0.05, 0.1) is 6.61 Å². The van der Waals surface area contributed by atoms with E-state index in [1.54, 1.807) is 6.08 Å². The second-order valence-electron chi connectivity index (χ2n) is 1.47. The van der Waals surface area contributed by atoms with Crippen molar-refractivity contribution in [1.29, 1.82) is 0 Å². The molecule has 0 radical (unpaired) electrons. The molecule has 0 aliphatic carbocycles. The van der Waals surface area contributed by atoms with Crippen molar-refractivity contribution in [1.82, 2.24) is 0 Å². The van der Waals surface area contributed by atoms with Crippen LogP contribution in [0.3, 0.4) is 0 Å². The Morgan fingerprint density at radius 1 is 1.56 bits per heavy atom. The fraction of sp³-hybridized carbons (Fsp3) is 0.286. The van der Waals surface area contributed by atoms with Gasteiger partial charge in [-0.1, -0.05) is 12.7 Å². The standard InChI is InChI=1S/C7H10O2/c1-3-5-9-6-7(8)4-2/h3-4H,1-2,5-6H2. The van der Waals surface area contributed by atoms with Gasteiger partial charge in [-0.05, 0) is 6.08 Å². The summed E-state index contributed by atoms with van der Waals surface area (Å²) in [4.78, 5) is 10.4. The third-order valence-electron chi connectivity index (χ3n) is 0.708. The van der Waals surface area contributed by atoms with E-state index in [9.17, 15) is 4.79 Å². The lowest BCUT2D eigenvalue weighted by atomic mass is 10.4. The predicted molar refractivity (Wildman–Crippen MR) is 36.2 cm³/mol. The number of ether oxygens (including phenoxy) is 1. The molecular weight excluding hydrogens is 116 g/mol. The van der Waals surface area contributed by atoms with Gasteiger partial charge in [-0.3, -0.25) is 4.79 Å². The van der Waals surface area contributed by atoms with E-state index < -0.39 is 0 Å². The largest absolute Gasteiger partial charge is 0.369 e. The van der Waals surface area contributed by atoms with Crippen LogP contribution in [0.4, 0.5) is 0 Å². The maximum Gasteiger partial charge on any atom is 0.180 e. The molecule has 0 aromatic heterocycles. The van der Waals surface area contributed by atoms with Crippen molar-refractivity contribution in [2.45, 2.75) is 0 Å². The second-order valence-corrected chi connectivity index (χ2v) is 1.47. The van der Waals surface area contributed by atoms with Gasteiger partial charge in [0.1, 0.15) is 6.61 Å². The summed E-state index contributed by atoms with van der Waals surface area (Å²) in [7, 11) is 0. The van der Waals surface area contributed by atoms with E-state index in [1.807, 2.05) is 0 Å². The van der Waals surface area contributed by atoms with Crippen LogP contribution in [0.5, 0.6) is 0 Å². The van der Waals surface area contributed by atoms with Crippen molar-refractivity contribution in [3.63, 3.8) is 0 Å². The monoisotopic (exact) mass is 126 g/mol. The summed E-state index contributed by atoms with van der Waals surface area (Å²) in [6.45, 7) is 7.23. The summed E-state index contributed by atoms with van der Waals surface area (Å²) in [5, 5.41) is 0. The average molecular weight is 126 g/mol. The van der Waals surface area contributed by atoms with Gasteiger partial charge in [0.25, 0.3) is 0 Å². The van der Waals surface area contributed by atoms with Crippen LogP contribution in [0, 0.1) is 0 Å². The number of hydrogen-bond donors (Lipinski definition) is 0. The molecule has 0 atom stereocenters. The van der Waals surface area contributed by atoms with Crippen LogP contribution >= 0.6 is 0 Å². The lowest BCUT2D eigenvalue weighted by molar-refractivity contribution is -0.118. The van der Waals surface area contributed by atoms with Gasteiger partial charge in [0.2, 0.25) is 0 Å². The topological polar surface area (TPSA) is 26.3 Å². The Kier molecular flexibility index (Phi) is 4.73. The van der Waals surface area contributed by atoms with E-state index in [0.29, 0.717) is 6.61 Å². The number of hydrogen-bond acceptors (Lipinski definition) is 2. The molecule has 0 N–H and O–H groups in total. The fourth-order valence-electron chi connectivity index (χ4n) is 0.302. The van der Waals surface area contributed by atoms with Crippen LogP contribution < -0.4 is 0 Å². The first-order valence-electron chi connectivity index (χ1n) is 2.65. The number of carbonyl (C=O) groups excluding carboxylic acids is 1. The Labute approximate surface area is 54.8 Å². The van der Waals surface area contributed by atoms with Gasteiger partial charge in [-0.15, -0.1) is 6.58 Å². The Hall–Kier alpha value is -0.890. The van der Waals surface area contributed by atoms with Gasteiger partial charge < -0.3 is 4.74 Å². The van der Waals surface area contributed by atoms with Crippen molar-refractivity contribution >= 4 is 5.78 Å². The Bertz CT molecular complexity index is 116. The molecule has 0 heterocycles. The molecule has 0 saturated carbocycles. The molecule has 50 valence electrons. The van der Waals surface area contributed by atoms with Gasteiger partial charge >= 0.3 is 0 Å². The van der Waals surface area contributed by atoms with E-state index in [4.69, 9.17) is 4.74 Å². The Morgan fingerprint density at radius 2 is 2.22 bits per heavy atom. The summed E-state index contributed by atoms with van der Waals surface area (Å²) < 4.78 is 4.80. The second kappa shape index (κ2) is 5.25. The maximum atomic E-state index is 10.4. The number of ketones is 1. The van der Waals surface area contributed by atoms with Crippen molar-refractivity contribution in [3.05, 3.63) is 25.3 Å². The highest BCUT2D eigenvalue weighted by atomic mass is 16.5. The normalized spacial score (nSPS) is 8.44. The molecule has 0 aliphatic heterocycles. The van der Waals surface area contributed by atoms with Crippen LogP contribution in [0.15, 0.2) is 25.3 Å². The summed E-state index contributed by atoms with van der Waals surface area (Å²) in [5.74, 6) is -0.100. The maximum absolute atomic E-state index is 10.4. The molecule has 0 rings (SSSR count). The minimum atomic E-state index is -0.100. The lowest BCUT2D eigenvalue weighted by Gasteiger charge is -1.93. The zero-order valence-corrected chi connectivity index (χ0v) is 5.30. The highest BCUT2D eigenvalue weighted by Crippen LogP contribution is 1.77. The Morgan fingerprint density at radius 3 is 2.67 bits per heavy atom. The highest BCUT2D eigenvalue weighted by Gasteiger charge is 1.91. The first-order chi connectivity index (χ1) is 4.31. The molecule has 0 saturated heterocycles. The average Bonchev–Trinajstić information content (AvgIpc) is 1.89. The third-order valence-corrected chi connectivity index (χ3v) is 0.708. The molecule has 0 aromatic carbocycles. The van der Waals surface area contributed by atoms with E-state index in [2.05, 4.69) is 13.2 Å². The summed E-state index contributed by atoms with van der Waals surface area (Å²) in [5.41, 5.74) is 0. The Balaban J connectivity index is 3.16. The molecule has 0 amide bonds. The molecule has 0 aliphatic rings. The first kappa shape index (κ1) is 8.11. The summed E-state index contributed by atoms with van der Waals surface area (Å²) in [6.07, 6.45) is 2.83. The van der Waals surface area contributed by atoms with E-state index in [0.717, 1.165) is 0 Å². The third kappa shape index (κ3) is 4.97. The summed E-state index contributed by atoms with van der Waals surface area (Å²) >= 11 is 0. The van der Waals surface area contributed by atoms with Gasteiger partial charge in [-0.2, -0.15) is 0 Å². The molecule has 0 fully saturated rings. The van der Waals surface area contributed by atoms with Crippen LogP contribution in [0.25, 0.3) is 0 Å². The molecule has 9 heavy (non-hydrogen) atoms. The molecule has 2 heteroatoms. The number of carbonyl (C=O) groups is 1. The van der Waals surface area contributed by atoms with Crippen LogP contribution in [0.2, 0.25) is 0 Å². The van der Waals surface area contributed by atoms with Crippen molar-refractivity contribution in [2.24, 2.45) is 0 Å². The minimum absolute atomic E-state index is 0.100. The van der Waals surface area contributed by atoms with Gasteiger partial charge in [-0.25, -0.2) is 0 Å². The predicted octanol–water partition coefficient (Wildman–Crippen LogP) is 0.944. The van der Waals surface area contributed by atoms with Crippen molar-refractivity contribution < 1.29 is 9.53 Å². The SMILES string of the molecule is C=CCOCC(=O)C=C. The van der Waals surface area contributed by atoms with Crippen LogP contribution in [-0.4, -0.2) is 19.0 Å². The molecule has 0 bridgehead atoms. The lowest BCUT2D eigenvalue weighted by Crippen LogP contribution is -2.04. The molecular formula is C7H10O2. The van der Waals surface area contributed by atoms with E-state index >= 15 is 0 Å². The van der Waals surface area contributed by atoms with E-state index in [-0.39, 0.29) is 12.4 Å². The quantitative estimate of drug-likeness (QED) is 0.311. The molecule has 0 spiro atoms. The van der Waals surface area contributed by atoms with Crippen LogP contribution in [0.1, 0.15) is 0 Å². The fourth-order valence-corrected chi connectivity index (χ4v) is 0.302. The highest BCUT2D eigenvalue weighted by molar-refractivity contribution is 5.90. The molecule has 0 aromatic rings. The van der Waals surface area contributed by atoms with E-state index in [1.165, 1.54) is 6.08 Å². The first-order valence-corrected chi connectivity index (χ1v) is 2.65. The zero-order valence-electron chi connectivity index (χ0n) is 5.30. The van der Waals surface area contributed by atoms with Crippen molar-refractivity contribution in [2.75, 3.05) is 13.2 Å². The van der Waals surface area contributed by atoms with Crippen LogP contribution in [-0.2, 0) is 9.53 Å². The van der Waals surface area contributed by atoms with Gasteiger partial charge in [0.15, 0.2) is 5.78 Å². The number of rotatable bonds is 5. The van der Waals surface area contributed by atoms with Gasteiger partial charge in [0, 0.05) is 0 Å². The minimum Gasteiger partial charge on any atom is -0.369 e. The summed E-state index contributed by atoms with van der Waals surface area (Å²) in [6, 6.07) is 0. The zero-order chi connectivity index (χ0) is 7.11. The molecule has 2 nitrogen and oxygen atoms in total.